The lowest BCUT2D eigenvalue weighted by Gasteiger charge is -2.07. The van der Waals surface area contributed by atoms with Crippen molar-refractivity contribution in [2.24, 2.45) is 0 Å². The largest absolute Gasteiger partial charge is 0.329 e. The molecule has 0 saturated carbocycles. The second-order valence-electron chi connectivity index (χ2n) is 3.75. The molecule has 3 rings (SSSR count). The van der Waals surface area contributed by atoms with Crippen molar-refractivity contribution in [3.05, 3.63) is 50.8 Å². The summed E-state index contributed by atoms with van der Waals surface area (Å²) in [5.41, 5.74) is 2.65. The first kappa shape index (κ1) is 11.8. The van der Waals surface area contributed by atoms with Gasteiger partial charge in [0.25, 0.3) is 0 Å². The summed E-state index contributed by atoms with van der Waals surface area (Å²) in [6, 6.07) is 6.51. The predicted molar refractivity (Wildman–Crippen MR) is 78.9 cm³/mol. The van der Waals surface area contributed by atoms with Crippen molar-refractivity contribution in [2.75, 3.05) is 0 Å². The van der Waals surface area contributed by atoms with Crippen molar-refractivity contribution in [3.63, 3.8) is 0 Å². The average Bonchev–Trinajstić information content (AvgIpc) is 2.66. The summed E-state index contributed by atoms with van der Waals surface area (Å²) < 4.78 is 16.4. The number of imidazole rings is 1. The van der Waals surface area contributed by atoms with Crippen LogP contribution in [-0.4, -0.2) is 14.5 Å². The van der Waals surface area contributed by atoms with Crippen LogP contribution in [-0.2, 0) is 0 Å². The highest BCUT2D eigenvalue weighted by Crippen LogP contribution is 2.23. The Morgan fingerprint density at radius 1 is 1.33 bits per heavy atom. The maximum absolute atomic E-state index is 13.1. The molecule has 0 radical (unpaired) electrons. The minimum atomic E-state index is -0.254. The Morgan fingerprint density at radius 2 is 2.17 bits per heavy atom. The average molecular weight is 371 g/mol. The normalized spacial score (nSPS) is 11.0. The number of H-pyrrole nitrogens is 1. The van der Waals surface area contributed by atoms with E-state index in [-0.39, 0.29) is 5.82 Å². The van der Waals surface area contributed by atoms with Gasteiger partial charge in [-0.1, -0.05) is 0 Å². The number of hydrogen-bond donors (Lipinski definition) is 1. The van der Waals surface area contributed by atoms with Gasteiger partial charge in [-0.15, -0.1) is 0 Å². The maximum atomic E-state index is 13.1. The maximum Gasteiger partial charge on any atom is 0.182 e. The Bertz CT molecular complexity index is 793. The van der Waals surface area contributed by atoms with Crippen molar-refractivity contribution < 1.29 is 4.39 Å². The summed E-state index contributed by atoms with van der Waals surface area (Å²) >= 11 is 7.41. The van der Waals surface area contributed by atoms with Gasteiger partial charge >= 0.3 is 0 Å². The fourth-order valence-electron chi connectivity index (χ4n) is 1.86. The van der Waals surface area contributed by atoms with E-state index in [2.05, 4.69) is 32.6 Å². The smallest absolute Gasteiger partial charge is 0.182 e. The quantitative estimate of drug-likeness (QED) is 0.521. The zero-order chi connectivity index (χ0) is 12.7. The number of halogens is 2. The molecule has 3 nitrogen and oxygen atoms in total. The summed E-state index contributed by atoms with van der Waals surface area (Å²) in [5.74, 6) is -0.254. The third kappa shape index (κ3) is 1.85. The molecular weight excluding hydrogens is 364 g/mol. The second-order valence-corrected chi connectivity index (χ2v) is 5.30. The van der Waals surface area contributed by atoms with Gasteiger partial charge in [-0.05, 0) is 59.1 Å². The highest BCUT2D eigenvalue weighted by atomic mass is 127. The van der Waals surface area contributed by atoms with Gasteiger partial charge in [0.15, 0.2) is 4.77 Å². The molecule has 0 atom stereocenters. The monoisotopic (exact) mass is 371 g/mol. The lowest BCUT2D eigenvalue weighted by Crippen LogP contribution is -1.97. The molecule has 90 valence electrons. The Balaban J connectivity index is 2.38. The summed E-state index contributed by atoms with van der Waals surface area (Å²) in [5, 5.41) is 0. The molecule has 0 amide bonds. The highest BCUT2D eigenvalue weighted by molar-refractivity contribution is 14.1. The van der Waals surface area contributed by atoms with Gasteiger partial charge in [0.05, 0.1) is 22.9 Å². The molecule has 18 heavy (non-hydrogen) atoms. The van der Waals surface area contributed by atoms with Crippen molar-refractivity contribution in [1.29, 1.82) is 0 Å². The SMILES string of the molecule is Fc1ccc(-n2c(=S)[nH]c3cnccc32)c(I)c1. The third-order valence-corrected chi connectivity index (χ3v) is 3.78. The van der Waals surface area contributed by atoms with Crippen LogP contribution >= 0.6 is 34.8 Å². The van der Waals surface area contributed by atoms with Crippen LogP contribution in [0.4, 0.5) is 4.39 Å². The number of fused-ring (bicyclic) bond motifs is 1. The van der Waals surface area contributed by atoms with Crippen LogP contribution < -0.4 is 0 Å². The van der Waals surface area contributed by atoms with Crippen LogP contribution in [0.1, 0.15) is 0 Å². The van der Waals surface area contributed by atoms with E-state index in [0.29, 0.717) is 4.77 Å². The Morgan fingerprint density at radius 3 is 2.94 bits per heavy atom. The molecule has 0 spiro atoms. The zero-order valence-electron chi connectivity index (χ0n) is 9.02. The lowest BCUT2D eigenvalue weighted by atomic mass is 10.3. The molecule has 0 fully saturated rings. The van der Waals surface area contributed by atoms with E-state index in [1.165, 1.54) is 12.1 Å². The van der Waals surface area contributed by atoms with Gasteiger partial charge < -0.3 is 4.98 Å². The first-order valence-corrected chi connectivity index (χ1v) is 6.66. The van der Waals surface area contributed by atoms with E-state index in [9.17, 15) is 4.39 Å². The molecule has 0 aliphatic carbocycles. The third-order valence-electron chi connectivity index (χ3n) is 2.63. The van der Waals surface area contributed by atoms with Crippen LogP contribution in [0.5, 0.6) is 0 Å². The van der Waals surface area contributed by atoms with Gasteiger partial charge in [0.1, 0.15) is 5.82 Å². The first-order chi connectivity index (χ1) is 8.66. The van der Waals surface area contributed by atoms with Gasteiger partial charge in [0.2, 0.25) is 0 Å². The summed E-state index contributed by atoms with van der Waals surface area (Å²) in [6.07, 6.45) is 3.43. The minimum absolute atomic E-state index is 0.254. The number of benzene rings is 1. The molecule has 0 unspecified atom stereocenters. The van der Waals surface area contributed by atoms with Crippen molar-refractivity contribution in [1.82, 2.24) is 14.5 Å². The van der Waals surface area contributed by atoms with Crippen LogP contribution in [0.2, 0.25) is 0 Å². The summed E-state index contributed by atoms with van der Waals surface area (Å²) in [7, 11) is 0. The highest BCUT2D eigenvalue weighted by Gasteiger charge is 2.09. The Hall–Kier alpha value is -1.28. The molecule has 2 aromatic heterocycles. The number of nitrogens with zero attached hydrogens (tertiary/aromatic N) is 2. The molecule has 1 N–H and O–H groups in total. The van der Waals surface area contributed by atoms with E-state index >= 15 is 0 Å². The molecule has 0 aliphatic heterocycles. The van der Waals surface area contributed by atoms with E-state index in [0.717, 1.165) is 20.3 Å². The lowest BCUT2D eigenvalue weighted by molar-refractivity contribution is 0.626. The zero-order valence-corrected chi connectivity index (χ0v) is 12.0. The number of aromatic amines is 1. The fraction of sp³-hybridized carbons (Fsp3) is 0. The number of aromatic nitrogens is 3. The summed E-state index contributed by atoms with van der Waals surface area (Å²) in [4.78, 5) is 7.13. The fourth-order valence-corrected chi connectivity index (χ4v) is 2.89. The van der Waals surface area contributed by atoms with Crippen LogP contribution in [0.15, 0.2) is 36.7 Å². The van der Waals surface area contributed by atoms with Crippen LogP contribution in [0.25, 0.3) is 16.7 Å². The van der Waals surface area contributed by atoms with E-state index < -0.39 is 0 Å². The van der Waals surface area contributed by atoms with Gasteiger partial charge in [-0.2, -0.15) is 0 Å². The summed E-state index contributed by atoms with van der Waals surface area (Å²) in [6.45, 7) is 0. The second kappa shape index (κ2) is 4.43. The number of hydrogen-bond acceptors (Lipinski definition) is 2. The Labute approximate surface area is 121 Å². The first-order valence-electron chi connectivity index (χ1n) is 5.17. The van der Waals surface area contributed by atoms with Gasteiger partial charge in [0, 0.05) is 9.77 Å². The van der Waals surface area contributed by atoms with Gasteiger partial charge in [-0.25, -0.2) is 4.39 Å². The molecule has 0 bridgehead atoms. The molecule has 0 aliphatic rings. The topological polar surface area (TPSA) is 33.6 Å². The molecule has 2 heterocycles. The number of nitrogens with one attached hydrogen (secondary N) is 1. The van der Waals surface area contributed by atoms with Crippen LogP contribution in [0, 0.1) is 14.2 Å². The standard InChI is InChI=1S/C12H7FIN3S/c13-7-1-2-10(8(14)5-7)17-11-3-4-15-6-9(11)16-12(17)18/h1-6H,(H,16,18). The van der Waals surface area contributed by atoms with Crippen molar-refractivity contribution in [3.8, 4) is 5.69 Å². The molecular formula is C12H7FIN3S. The van der Waals surface area contributed by atoms with E-state index in [1.54, 1.807) is 18.5 Å². The number of rotatable bonds is 1. The van der Waals surface area contributed by atoms with Crippen molar-refractivity contribution >= 4 is 45.8 Å². The molecule has 0 saturated heterocycles. The molecule has 6 heteroatoms. The van der Waals surface area contributed by atoms with Crippen LogP contribution in [0.3, 0.4) is 0 Å². The Kier molecular flexibility index (Phi) is 2.90. The van der Waals surface area contributed by atoms with E-state index in [4.69, 9.17) is 12.2 Å². The van der Waals surface area contributed by atoms with Gasteiger partial charge in [-0.3, -0.25) is 9.55 Å². The number of pyridine rings is 1. The molecule has 3 aromatic rings. The molecule has 1 aromatic carbocycles. The minimum Gasteiger partial charge on any atom is -0.329 e. The van der Waals surface area contributed by atoms with E-state index in [1.807, 2.05) is 10.6 Å². The predicted octanol–water partition coefficient (Wildman–Crippen LogP) is 3.83. The van der Waals surface area contributed by atoms with Crippen molar-refractivity contribution in [2.45, 2.75) is 0 Å².